The Kier molecular flexibility index (Phi) is 7.99. The SMILES string of the molecule is O=C(O)/C=C/c1csc(CNS(=O)(=O)CCCOCc2ccccc2)c1. The van der Waals surface area contributed by atoms with Gasteiger partial charge in [0.2, 0.25) is 10.0 Å². The first-order valence-corrected chi connectivity index (χ1v) is 10.6. The number of carbonyl (C=O) groups is 1. The van der Waals surface area contributed by atoms with E-state index >= 15 is 0 Å². The lowest BCUT2D eigenvalue weighted by Crippen LogP contribution is -2.26. The molecule has 2 N–H and O–H groups in total. The van der Waals surface area contributed by atoms with Gasteiger partial charge in [0.05, 0.1) is 12.4 Å². The molecule has 1 aromatic heterocycles. The van der Waals surface area contributed by atoms with Gasteiger partial charge in [0, 0.05) is 24.1 Å². The number of carboxylic acid groups (broad SMARTS) is 1. The molecule has 0 aliphatic rings. The lowest BCUT2D eigenvalue weighted by molar-refractivity contribution is -0.131. The average Bonchev–Trinajstić information content (AvgIpc) is 3.07. The Labute approximate surface area is 157 Å². The molecular weight excluding hydrogens is 374 g/mol. The second-order valence-electron chi connectivity index (χ2n) is 5.55. The number of thiophene rings is 1. The van der Waals surface area contributed by atoms with Crippen LogP contribution in [0.2, 0.25) is 0 Å². The van der Waals surface area contributed by atoms with Gasteiger partial charge >= 0.3 is 5.97 Å². The zero-order valence-corrected chi connectivity index (χ0v) is 15.8. The van der Waals surface area contributed by atoms with Crippen LogP contribution >= 0.6 is 11.3 Å². The predicted octanol–water partition coefficient (Wildman–Crippen LogP) is 2.87. The highest BCUT2D eigenvalue weighted by Gasteiger charge is 2.10. The van der Waals surface area contributed by atoms with Crippen LogP contribution in [0.4, 0.5) is 0 Å². The van der Waals surface area contributed by atoms with Gasteiger partial charge in [-0.3, -0.25) is 0 Å². The first kappa shape index (κ1) is 20.3. The summed E-state index contributed by atoms with van der Waals surface area (Å²) in [5.41, 5.74) is 1.79. The number of hydrogen-bond donors (Lipinski definition) is 2. The van der Waals surface area contributed by atoms with E-state index in [1.165, 1.54) is 17.4 Å². The van der Waals surface area contributed by atoms with E-state index in [4.69, 9.17) is 9.84 Å². The van der Waals surface area contributed by atoms with Crippen molar-refractivity contribution in [2.45, 2.75) is 19.6 Å². The van der Waals surface area contributed by atoms with Crippen LogP contribution in [-0.2, 0) is 32.7 Å². The van der Waals surface area contributed by atoms with Gasteiger partial charge in [-0.15, -0.1) is 11.3 Å². The monoisotopic (exact) mass is 395 g/mol. The number of hydrogen-bond acceptors (Lipinski definition) is 5. The molecule has 8 heteroatoms. The Hall–Kier alpha value is -2.00. The van der Waals surface area contributed by atoms with Crippen LogP contribution in [0, 0.1) is 0 Å². The quantitative estimate of drug-likeness (QED) is 0.451. The second kappa shape index (κ2) is 10.2. The summed E-state index contributed by atoms with van der Waals surface area (Å²) in [7, 11) is -3.38. The number of benzene rings is 1. The molecule has 6 nitrogen and oxygen atoms in total. The first-order chi connectivity index (χ1) is 12.4. The molecule has 0 unspecified atom stereocenters. The van der Waals surface area contributed by atoms with Gasteiger partial charge in [-0.25, -0.2) is 17.9 Å². The van der Waals surface area contributed by atoms with Crippen molar-refractivity contribution in [3.63, 3.8) is 0 Å². The molecule has 0 spiro atoms. The summed E-state index contributed by atoms with van der Waals surface area (Å²) in [6.45, 7) is 1.04. The van der Waals surface area contributed by atoms with Crippen LogP contribution < -0.4 is 4.72 Å². The molecule has 2 aromatic rings. The van der Waals surface area contributed by atoms with Gasteiger partial charge in [0.25, 0.3) is 0 Å². The second-order valence-corrected chi connectivity index (χ2v) is 8.47. The molecule has 0 aliphatic heterocycles. The maximum Gasteiger partial charge on any atom is 0.328 e. The molecule has 0 radical (unpaired) electrons. The van der Waals surface area contributed by atoms with Crippen molar-refractivity contribution in [1.29, 1.82) is 0 Å². The van der Waals surface area contributed by atoms with Gasteiger partial charge in [0.15, 0.2) is 0 Å². The van der Waals surface area contributed by atoms with Crippen LogP contribution in [0.15, 0.2) is 47.9 Å². The molecule has 140 valence electrons. The zero-order chi connectivity index (χ0) is 18.8. The van der Waals surface area contributed by atoms with E-state index in [0.717, 1.165) is 22.1 Å². The molecule has 0 fully saturated rings. The Morgan fingerprint density at radius 3 is 2.77 bits per heavy atom. The van der Waals surface area contributed by atoms with Crippen molar-refractivity contribution in [2.75, 3.05) is 12.4 Å². The maximum atomic E-state index is 12.0. The Balaban J connectivity index is 1.67. The van der Waals surface area contributed by atoms with Gasteiger partial charge < -0.3 is 9.84 Å². The van der Waals surface area contributed by atoms with Gasteiger partial charge in [-0.1, -0.05) is 30.3 Å². The van der Waals surface area contributed by atoms with Crippen molar-refractivity contribution in [1.82, 2.24) is 4.72 Å². The fourth-order valence-corrected chi connectivity index (χ4v) is 4.02. The molecule has 0 atom stereocenters. The van der Waals surface area contributed by atoms with E-state index in [-0.39, 0.29) is 12.3 Å². The normalized spacial score (nSPS) is 11.8. The largest absolute Gasteiger partial charge is 0.478 e. The van der Waals surface area contributed by atoms with Crippen LogP contribution in [-0.4, -0.2) is 31.9 Å². The molecule has 1 heterocycles. The minimum absolute atomic E-state index is 0.00105. The zero-order valence-electron chi connectivity index (χ0n) is 14.1. The third kappa shape index (κ3) is 7.92. The summed E-state index contributed by atoms with van der Waals surface area (Å²) in [6, 6.07) is 11.5. The average molecular weight is 396 g/mol. The van der Waals surface area contributed by atoms with Crippen LogP contribution in [0.25, 0.3) is 6.08 Å². The molecule has 0 saturated carbocycles. The summed E-state index contributed by atoms with van der Waals surface area (Å²) in [4.78, 5) is 11.3. The van der Waals surface area contributed by atoms with Crippen molar-refractivity contribution in [3.8, 4) is 0 Å². The van der Waals surface area contributed by atoms with E-state index in [2.05, 4.69) is 4.72 Å². The number of carboxylic acids is 1. The number of rotatable bonds is 11. The first-order valence-electron chi connectivity index (χ1n) is 8.02. The summed E-state index contributed by atoms with van der Waals surface area (Å²) in [6.07, 6.45) is 2.94. The highest BCUT2D eigenvalue weighted by Crippen LogP contribution is 2.16. The fourth-order valence-electron chi connectivity index (χ4n) is 2.11. The van der Waals surface area contributed by atoms with E-state index in [1.54, 1.807) is 11.4 Å². The van der Waals surface area contributed by atoms with E-state index in [1.807, 2.05) is 30.3 Å². The van der Waals surface area contributed by atoms with Gasteiger partial charge in [0.1, 0.15) is 0 Å². The Bertz CT molecular complexity index is 828. The Morgan fingerprint density at radius 2 is 2.04 bits per heavy atom. The predicted molar refractivity (Wildman–Crippen MR) is 102 cm³/mol. The number of aliphatic carboxylic acids is 1. The molecule has 2 rings (SSSR count). The van der Waals surface area contributed by atoms with Crippen molar-refractivity contribution >= 4 is 33.4 Å². The minimum Gasteiger partial charge on any atom is -0.478 e. The summed E-state index contributed by atoms with van der Waals surface area (Å²) in [5, 5.41) is 10.4. The van der Waals surface area contributed by atoms with Gasteiger partial charge in [-0.2, -0.15) is 0 Å². The summed E-state index contributed by atoms with van der Waals surface area (Å²) < 4.78 is 32.0. The van der Waals surface area contributed by atoms with E-state index in [9.17, 15) is 13.2 Å². The molecule has 0 saturated heterocycles. The van der Waals surface area contributed by atoms with Crippen molar-refractivity contribution in [3.05, 3.63) is 63.9 Å². The number of ether oxygens (including phenoxy) is 1. The minimum atomic E-state index is -3.38. The smallest absolute Gasteiger partial charge is 0.328 e. The van der Waals surface area contributed by atoms with E-state index < -0.39 is 16.0 Å². The van der Waals surface area contributed by atoms with Gasteiger partial charge in [-0.05, 0) is 35.1 Å². The summed E-state index contributed by atoms with van der Waals surface area (Å²) >= 11 is 1.38. The third-order valence-corrected chi connectivity index (χ3v) is 5.74. The molecule has 26 heavy (non-hydrogen) atoms. The molecular formula is C18H21NO5S2. The topological polar surface area (TPSA) is 92.7 Å². The fraction of sp³-hybridized carbons (Fsp3) is 0.278. The van der Waals surface area contributed by atoms with Crippen LogP contribution in [0.1, 0.15) is 22.4 Å². The summed E-state index contributed by atoms with van der Waals surface area (Å²) in [5.74, 6) is -1.02. The standard InChI is InChI=1S/C18H21NO5S2/c20-18(21)8-7-16-11-17(25-14-16)12-19-26(22,23)10-4-9-24-13-15-5-2-1-3-6-15/h1-3,5-8,11,14,19H,4,9-10,12-13H2,(H,20,21)/b8-7+. The van der Waals surface area contributed by atoms with Crippen molar-refractivity contribution in [2.24, 2.45) is 0 Å². The highest BCUT2D eigenvalue weighted by molar-refractivity contribution is 7.89. The molecule has 1 aromatic carbocycles. The van der Waals surface area contributed by atoms with Crippen molar-refractivity contribution < 1.29 is 23.1 Å². The van der Waals surface area contributed by atoms with Crippen LogP contribution in [0.5, 0.6) is 0 Å². The maximum absolute atomic E-state index is 12.0. The number of nitrogens with one attached hydrogen (secondary N) is 1. The lowest BCUT2D eigenvalue weighted by Gasteiger charge is -2.07. The molecule has 0 bridgehead atoms. The third-order valence-electron chi connectivity index (χ3n) is 3.37. The molecule has 0 aliphatic carbocycles. The number of sulfonamides is 1. The Morgan fingerprint density at radius 1 is 1.27 bits per heavy atom. The highest BCUT2D eigenvalue weighted by atomic mass is 32.2. The van der Waals surface area contributed by atoms with Crippen LogP contribution in [0.3, 0.4) is 0 Å². The molecule has 0 amide bonds. The van der Waals surface area contributed by atoms with E-state index in [0.29, 0.717) is 19.6 Å². The lowest BCUT2D eigenvalue weighted by atomic mass is 10.2.